The summed E-state index contributed by atoms with van der Waals surface area (Å²) < 4.78 is 4.85. The maximum atomic E-state index is 10.6. The van der Waals surface area contributed by atoms with E-state index in [9.17, 15) is 4.79 Å². The molecule has 1 aliphatic heterocycles. The van der Waals surface area contributed by atoms with E-state index in [4.69, 9.17) is 4.74 Å². The van der Waals surface area contributed by atoms with Crippen LogP contribution in [0.25, 0.3) is 6.08 Å². The molecule has 0 atom stereocenters. The molecule has 0 N–H and O–H groups in total. The van der Waals surface area contributed by atoms with E-state index in [1.807, 2.05) is 23.6 Å². The topological polar surface area (TPSA) is 26.3 Å². The van der Waals surface area contributed by atoms with E-state index in [0.29, 0.717) is 5.76 Å². The van der Waals surface area contributed by atoms with Crippen molar-refractivity contribution in [3.05, 3.63) is 40.3 Å². The number of carbonyl (C=O) groups excluding carboxylic acids is 1. The Morgan fingerprint density at radius 1 is 1.42 bits per heavy atom. The molecule has 2 heterocycles. The van der Waals surface area contributed by atoms with Gasteiger partial charge in [-0.25, -0.2) is 4.79 Å². The van der Waals surface area contributed by atoms with Gasteiger partial charge in [0.25, 0.3) is 0 Å². The Labute approximate surface area is 73.8 Å². The van der Waals surface area contributed by atoms with Crippen LogP contribution in [-0.2, 0) is 9.53 Å². The number of cyclic esters (lactones) is 1. The summed E-state index contributed by atoms with van der Waals surface area (Å²) in [6.07, 6.45) is 4.92. The molecule has 0 aliphatic carbocycles. The Balaban J connectivity index is 2.21. The van der Waals surface area contributed by atoms with E-state index in [2.05, 4.69) is 0 Å². The molecule has 2 nitrogen and oxygen atoms in total. The van der Waals surface area contributed by atoms with Crippen LogP contribution in [0, 0.1) is 0 Å². The number of rotatable bonds is 1. The van der Waals surface area contributed by atoms with Gasteiger partial charge in [0.2, 0.25) is 0 Å². The van der Waals surface area contributed by atoms with Crippen LogP contribution in [0.5, 0.6) is 0 Å². The van der Waals surface area contributed by atoms with Gasteiger partial charge in [-0.1, -0.05) is 6.07 Å². The van der Waals surface area contributed by atoms with Crippen molar-refractivity contribution in [1.29, 1.82) is 0 Å². The normalized spacial score (nSPS) is 18.7. The van der Waals surface area contributed by atoms with Gasteiger partial charge in [-0.05, 0) is 23.6 Å². The fourth-order valence-electron chi connectivity index (χ4n) is 0.926. The zero-order valence-electron chi connectivity index (χ0n) is 6.19. The van der Waals surface area contributed by atoms with Gasteiger partial charge in [0.1, 0.15) is 5.76 Å². The van der Waals surface area contributed by atoms with Gasteiger partial charge in [0.05, 0.1) is 0 Å². The second-order valence-electron chi connectivity index (χ2n) is 2.32. The smallest absolute Gasteiger partial charge is 0.336 e. The Morgan fingerprint density at radius 3 is 2.92 bits per heavy atom. The minimum atomic E-state index is -0.294. The first kappa shape index (κ1) is 7.31. The van der Waals surface area contributed by atoms with Gasteiger partial charge in [-0.2, -0.15) is 0 Å². The van der Waals surface area contributed by atoms with E-state index in [0.717, 1.165) is 4.88 Å². The SMILES string of the molecule is O=C1C=C/C(=C/c2cccs2)O1. The summed E-state index contributed by atoms with van der Waals surface area (Å²) in [7, 11) is 0. The first-order chi connectivity index (χ1) is 5.84. The molecule has 1 aromatic rings. The molecule has 1 aliphatic rings. The molecule has 0 saturated heterocycles. The molecule has 0 fully saturated rings. The molecule has 0 bridgehead atoms. The lowest BCUT2D eigenvalue weighted by Gasteiger charge is -1.92. The minimum absolute atomic E-state index is 0.294. The summed E-state index contributed by atoms with van der Waals surface area (Å²) in [5.74, 6) is 0.320. The van der Waals surface area contributed by atoms with E-state index in [1.165, 1.54) is 6.08 Å². The van der Waals surface area contributed by atoms with Gasteiger partial charge in [-0.3, -0.25) is 0 Å². The molecule has 1 aromatic heterocycles. The van der Waals surface area contributed by atoms with Crippen molar-refractivity contribution in [2.45, 2.75) is 0 Å². The molecule has 0 saturated carbocycles. The minimum Gasteiger partial charge on any atom is -0.423 e. The first-order valence-electron chi connectivity index (χ1n) is 3.50. The second-order valence-corrected chi connectivity index (χ2v) is 3.30. The zero-order valence-corrected chi connectivity index (χ0v) is 7.01. The van der Waals surface area contributed by atoms with Gasteiger partial charge < -0.3 is 4.74 Å². The molecule has 2 rings (SSSR count). The summed E-state index contributed by atoms with van der Waals surface area (Å²) in [5.41, 5.74) is 0. The van der Waals surface area contributed by atoms with Crippen molar-refractivity contribution in [3.63, 3.8) is 0 Å². The summed E-state index contributed by atoms with van der Waals surface area (Å²) in [6.45, 7) is 0. The van der Waals surface area contributed by atoms with Gasteiger partial charge >= 0.3 is 5.97 Å². The molecular formula is C9H6O2S. The maximum Gasteiger partial charge on any atom is 0.336 e. The van der Waals surface area contributed by atoms with E-state index in [-0.39, 0.29) is 5.97 Å². The predicted octanol–water partition coefficient (Wildman–Crippen LogP) is 2.20. The van der Waals surface area contributed by atoms with Gasteiger partial charge in [0, 0.05) is 11.0 Å². The summed E-state index contributed by atoms with van der Waals surface area (Å²) in [5, 5.41) is 1.98. The highest BCUT2D eigenvalue weighted by atomic mass is 32.1. The molecule has 0 radical (unpaired) electrons. The molecule has 0 unspecified atom stereocenters. The number of hydrogen-bond donors (Lipinski definition) is 0. The van der Waals surface area contributed by atoms with Crippen LogP contribution >= 0.6 is 11.3 Å². The third-order valence-corrected chi connectivity index (χ3v) is 2.25. The van der Waals surface area contributed by atoms with Crippen LogP contribution in [0.1, 0.15) is 4.88 Å². The summed E-state index contributed by atoms with van der Waals surface area (Å²) >= 11 is 1.61. The lowest BCUT2D eigenvalue weighted by atomic mass is 10.4. The van der Waals surface area contributed by atoms with E-state index >= 15 is 0 Å². The number of esters is 1. The highest BCUT2D eigenvalue weighted by Gasteiger charge is 2.08. The molecular weight excluding hydrogens is 172 g/mol. The summed E-state index contributed by atoms with van der Waals surface area (Å²) in [4.78, 5) is 11.7. The molecule has 0 amide bonds. The standard InChI is InChI=1S/C9H6O2S/c10-9-4-3-7(11-9)6-8-2-1-5-12-8/h1-6H/b7-6-. The van der Waals surface area contributed by atoms with Crippen LogP contribution in [0.2, 0.25) is 0 Å². The van der Waals surface area contributed by atoms with Crippen LogP contribution < -0.4 is 0 Å². The molecule has 0 aromatic carbocycles. The lowest BCUT2D eigenvalue weighted by molar-refractivity contribution is -0.132. The van der Waals surface area contributed by atoms with Crippen LogP contribution in [0.4, 0.5) is 0 Å². The van der Waals surface area contributed by atoms with Crippen LogP contribution in [-0.4, -0.2) is 5.97 Å². The highest BCUT2D eigenvalue weighted by molar-refractivity contribution is 7.10. The summed E-state index contributed by atoms with van der Waals surface area (Å²) in [6, 6.07) is 3.93. The Bertz CT molecular complexity index is 347. The first-order valence-corrected chi connectivity index (χ1v) is 4.38. The van der Waals surface area contributed by atoms with Crippen LogP contribution in [0.15, 0.2) is 35.4 Å². The Hall–Kier alpha value is -1.35. The van der Waals surface area contributed by atoms with Crippen molar-refractivity contribution in [3.8, 4) is 0 Å². The third kappa shape index (κ3) is 1.46. The number of carbonyl (C=O) groups is 1. The molecule has 0 spiro atoms. The number of thiophene rings is 1. The van der Waals surface area contributed by atoms with Crippen molar-refractivity contribution in [2.75, 3.05) is 0 Å². The Morgan fingerprint density at radius 2 is 2.33 bits per heavy atom. The molecule has 60 valence electrons. The highest BCUT2D eigenvalue weighted by Crippen LogP contribution is 2.17. The number of allylic oxidation sites excluding steroid dienone is 1. The fourth-order valence-corrected chi connectivity index (χ4v) is 1.58. The van der Waals surface area contributed by atoms with Crippen molar-refractivity contribution >= 4 is 23.4 Å². The van der Waals surface area contributed by atoms with Gasteiger partial charge in [-0.15, -0.1) is 11.3 Å². The van der Waals surface area contributed by atoms with Crippen LogP contribution in [0.3, 0.4) is 0 Å². The largest absolute Gasteiger partial charge is 0.423 e. The number of hydrogen-bond acceptors (Lipinski definition) is 3. The zero-order chi connectivity index (χ0) is 8.39. The quantitative estimate of drug-likeness (QED) is 0.616. The van der Waals surface area contributed by atoms with Crippen molar-refractivity contribution < 1.29 is 9.53 Å². The van der Waals surface area contributed by atoms with Gasteiger partial charge in [0.15, 0.2) is 0 Å². The molecule has 12 heavy (non-hydrogen) atoms. The fraction of sp³-hybridized carbons (Fsp3) is 0. The monoisotopic (exact) mass is 178 g/mol. The van der Waals surface area contributed by atoms with Crippen molar-refractivity contribution in [1.82, 2.24) is 0 Å². The average Bonchev–Trinajstić information content (AvgIpc) is 2.63. The average molecular weight is 178 g/mol. The Kier molecular flexibility index (Phi) is 1.80. The predicted molar refractivity (Wildman–Crippen MR) is 47.5 cm³/mol. The number of ether oxygens (including phenoxy) is 1. The third-order valence-electron chi connectivity index (χ3n) is 1.43. The van der Waals surface area contributed by atoms with Crippen molar-refractivity contribution in [2.24, 2.45) is 0 Å². The second kappa shape index (κ2) is 2.95. The maximum absolute atomic E-state index is 10.6. The lowest BCUT2D eigenvalue weighted by Crippen LogP contribution is -1.89. The van der Waals surface area contributed by atoms with E-state index < -0.39 is 0 Å². The molecule has 3 heteroatoms. The van der Waals surface area contributed by atoms with E-state index in [1.54, 1.807) is 17.4 Å².